The van der Waals surface area contributed by atoms with Crippen LogP contribution in [0, 0.1) is 13.8 Å². The fourth-order valence-electron chi connectivity index (χ4n) is 2.05. The van der Waals surface area contributed by atoms with Crippen molar-refractivity contribution < 1.29 is 4.79 Å². The van der Waals surface area contributed by atoms with Crippen LogP contribution >= 0.6 is 11.6 Å². The van der Waals surface area contributed by atoms with Crippen molar-refractivity contribution in [3.05, 3.63) is 64.2 Å². The van der Waals surface area contributed by atoms with Crippen molar-refractivity contribution in [2.75, 3.05) is 11.9 Å². The number of nitrogens with one attached hydrogen (secondary N) is 2. The number of anilines is 1. The van der Waals surface area contributed by atoms with Crippen molar-refractivity contribution in [1.29, 1.82) is 0 Å². The van der Waals surface area contributed by atoms with Crippen molar-refractivity contribution in [1.82, 2.24) is 5.43 Å². The molecule has 2 aromatic carbocycles. The Hall–Kier alpha value is -2.33. The van der Waals surface area contributed by atoms with E-state index in [1.54, 1.807) is 6.07 Å². The molecule has 0 unspecified atom stereocenters. The first-order valence-corrected chi connectivity index (χ1v) is 7.73. The zero-order valence-electron chi connectivity index (χ0n) is 13.5. The van der Waals surface area contributed by atoms with Crippen LogP contribution in [0.3, 0.4) is 0 Å². The van der Waals surface area contributed by atoms with E-state index < -0.39 is 0 Å². The van der Waals surface area contributed by atoms with Gasteiger partial charge in [-0.05, 0) is 50.1 Å². The normalized spacial score (nSPS) is 11.2. The van der Waals surface area contributed by atoms with Crippen LogP contribution in [0.2, 0.25) is 5.02 Å². The Morgan fingerprint density at radius 3 is 2.48 bits per heavy atom. The molecule has 1 amide bonds. The number of carbonyl (C=O) groups excluding carboxylic acids is 1. The number of aryl methyl sites for hydroxylation is 2. The SMILES string of the molecule is C/C(=N\NC(=O)CNc1ccc(Cl)cc1C)c1ccc(C)cc1. The summed E-state index contributed by atoms with van der Waals surface area (Å²) in [4.78, 5) is 11.9. The lowest BCUT2D eigenvalue weighted by Crippen LogP contribution is -2.27. The van der Waals surface area contributed by atoms with E-state index in [-0.39, 0.29) is 12.5 Å². The summed E-state index contributed by atoms with van der Waals surface area (Å²) in [6, 6.07) is 13.5. The highest BCUT2D eigenvalue weighted by Gasteiger charge is 2.03. The molecule has 0 fully saturated rings. The molecule has 0 aliphatic heterocycles. The van der Waals surface area contributed by atoms with E-state index in [2.05, 4.69) is 15.8 Å². The lowest BCUT2D eigenvalue weighted by Gasteiger charge is -2.09. The van der Waals surface area contributed by atoms with Gasteiger partial charge in [0.2, 0.25) is 0 Å². The molecule has 0 aromatic heterocycles. The molecule has 4 nitrogen and oxygen atoms in total. The Balaban J connectivity index is 1.89. The largest absolute Gasteiger partial charge is 0.376 e. The van der Waals surface area contributed by atoms with Gasteiger partial charge in [-0.2, -0.15) is 5.10 Å². The first-order valence-electron chi connectivity index (χ1n) is 7.36. The number of carbonyl (C=O) groups is 1. The molecule has 0 spiro atoms. The van der Waals surface area contributed by atoms with E-state index in [4.69, 9.17) is 11.6 Å². The number of rotatable bonds is 5. The molecular formula is C18H20ClN3O. The van der Waals surface area contributed by atoms with Gasteiger partial charge in [-0.1, -0.05) is 41.4 Å². The molecule has 0 radical (unpaired) electrons. The fraction of sp³-hybridized carbons (Fsp3) is 0.222. The summed E-state index contributed by atoms with van der Waals surface area (Å²) in [6.07, 6.45) is 0. The Bertz CT molecular complexity index is 724. The van der Waals surface area contributed by atoms with Crippen LogP contribution < -0.4 is 10.7 Å². The number of amides is 1. The van der Waals surface area contributed by atoms with Crippen LogP contribution in [0.5, 0.6) is 0 Å². The minimum absolute atomic E-state index is 0.146. The van der Waals surface area contributed by atoms with Crippen molar-refractivity contribution in [2.24, 2.45) is 5.10 Å². The predicted octanol–water partition coefficient (Wildman–Crippen LogP) is 3.91. The van der Waals surface area contributed by atoms with Gasteiger partial charge < -0.3 is 5.32 Å². The molecule has 0 atom stereocenters. The third-order valence-corrected chi connectivity index (χ3v) is 3.68. The monoisotopic (exact) mass is 329 g/mol. The molecule has 2 N–H and O–H groups in total. The van der Waals surface area contributed by atoms with E-state index >= 15 is 0 Å². The van der Waals surface area contributed by atoms with Crippen molar-refractivity contribution >= 4 is 28.9 Å². The van der Waals surface area contributed by atoms with E-state index in [9.17, 15) is 4.79 Å². The molecule has 120 valence electrons. The second-order valence-corrected chi connectivity index (χ2v) is 5.85. The van der Waals surface area contributed by atoms with Gasteiger partial charge in [0.05, 0.1) is 12.3 Å². The molecule has 0 saturated carbocycles. The second kappa shape index (κ2) is 7.79. The average Bonchev–Trinajstić information content (AvgIpc) is 2.52. The predicted molar refractivity (Wildman–Crippen MR) is 96.2 cm³/mol. The topological polar surface area (TPSA) is 53.5 Å². The Morgan fingerprint density at radius 1 is 1.13 bits per heavy atom. The summed E-state index contributed by atoms with van der Waals surface area (Å²) in [5, 5.41) is 7.88. The molecule has 0 aliphatic rings. The van der Waals surface area contributed by atoms with Crippen LogP contribution in [0.1, 0.15) is 23.6 Å². The molecule has 2 rings (SSSR count). The van der Waals surface area contributed by atoms with Crippen molar-refractivity contribution in [3.8, 4) is 0 Å². The quantitative estimate of drug-likeness (QED) is 0.645. The maximum atomic E-state index is 11.9. The molecule has 0 saturated heterocycles. The van der Waals surface area contributed by atoms with Crippen molar-refractivity contribution in [3.63, 3.8) is 0 Å². The highest BCUT2D eigenvalue weighted by atomic mass is 35.5. The lowest BCUT2D eigenvalue weighted by molar-refractivity contribution is -0.119. The van der Waals surface area contributed by atoms with Crippen LogP contribution in [0.15, 0.2) is 47.6 Å². The van der Waals surface area contributed by atoms with Gasteiger partial charge in [0.25, 0.3) is 5.91 Å². The maximum Gasteiger partial charge on any atom is 0.259 e. The summed E-state index contributed by atoms with van der Waals surface area (Å²) >= 11 is 5.91. The Labute approximate surface area is 141 Å². The van der Waals surface area contributed by atoms with Crippen LogP contribution in [-0.2, 0) is 4.79 Å². The zero-order valence-corrected chi connectivity index (χ0v) is 14.2. The Morgan fingerprint density at radius 2 is 1.83 bits per heavy atom. The fourth-order valence-corrected chi connectivity index (χ4v) is 2.27. The van der Waals surface area contributed by atoms with E-state index in [1.165, 1.54) is 5.56 Å². The number of benzene rings is 2. The standard InChI is InChI=1S/C18H20ClN3O/c1-12-4-6-15(7-5-12)14(3)21-22-18(23)11-20-17-9-8-16(19)10-13(17)2/h4-10,20H,11H2,1-3H3,(H,22,23)/b21-14+. The molecule has 0 heterocycles. The number of hydrogen-bond acceptors (Lipinski definition) is 3. The maximum absolute atomic E-state index is 11.9. The first kappa shape index (κ1) is 17.0. The van der Waals surface area contributed by atoms with Gasteiger partial charge in [0.15, 0.2) is 0 Å². The molecule has 23 heavy (non-hydrogen) atoms. The third-order valence-electron chi connectivity index (χ3n) is 3.45. The summed E-state index contributed by atoms with van der Waals surface area (Å²) in [5.74, 6) is -0.203. The highest BCUT2D eigenvalue weighted by molar-refractivity contribution is 6.30. The summed E-state index contributed by atoms with van der Waals surface area (Å²) in [6.45, 7) is 5.98. The molecular weight excluding hydrogens is 310 g/mol. The Kier molecular flexibility index (Phi) is 5.77. The number of hydrazone groups is 1. The van der Waals surface area contributed by atoms with Gasteiger partial charge >= 0.3 is 0 Å². The van der Waals surface area contributed by atoms with E-state index in [0.29, 0.717) is 5.02 Å². The molecule has 0 aliphatic carbocycles. The third kappa shape index (κ3) is 5.11. The van der Waals surface area contributed by atoms with Gasteiger partial charge in [-0.3, -0.25) is 4.79 Å². The van der Waals surface area contributed by atoms with Gasteiger partial charge in [0.1, 0.15) is 0 Å². The van der Waals surface area contributed by atoms with Gasteiger partial charge in [-0.15, -0.1) is 0 Å². The van der Waals surface area contributed by atoms with Crippen LogP contribution in [0.4, 0.5) is 5.69 Å². The van der Waals surface area contributed by atoms with Crippen LogP contribution in [-0.4, -0.2) is 18.2 Å². The minimum Gasteiger partial charge on any atom is -0.376 e. The summed E-state index contributed by atoms with van der Waals surface area (Å²) in [7, 11) is 0. The molecule has 2 aromatic rings. The smallest absolute Gasteiger partial charge is 0.259 e. The zero-order chi connectivity index (χ0) is 16.8. The van der Waals surface area contributed by atoms with Crippen molar-refractivity contribution in [2.45, 2.75) is 20.8 Å². The lowest BCUT2D eigenvalue weighted by atomic mass is 10.1. The molecule has 5 heteroatoms. The highest BCUT2D eigenvalue weighted by Crippen LogP contribution is 2.19. The van der Waals surface area contributed by atoms with E-state index in [1.807, 2.05) is 57.2 Å². The van der Waals surface area contributed by atoms with Crippen LogP contribution in [0.25, 0.3) is 0 Å². The average molecular weight is 330 g/mol. The number of hydrogen-bond donors (Lipinski definition) is 2. The van der Waals surface area contributed by atoms with Gasteiger partial charge in [-0.25, -0.2) is 5.43 Å². The first-order chi connectivity index (χ1) is 11.0. The van der Waals surface area contributed by atoms with Gasteiger partial charge in [0, 0.05) is 10.7 Å². The second-order valence-electron chi connectivity index (χ2n) is 5.41. The number of halogens is 1. The summed E-state index contributed by atoms with van der Waals surface area (Å²) in [5.41, 5.74) is 7.36. The van der Waals surface area contributed by atoms with E-state index in [0.717, 1.165) is 22.5 Å². The molecule has 0 bridgehead atoms. The minimum atomic E-state index is -0.203. The number of nitrogens with zero attached hydrogens (tertiary/aromatic N) is 1. The summed E-state index contributed by atoms with van der Waals surface area (Å²) < 4.78 is 0.